The number of rotatable bonds is 7. The van der Waals surface area contributed by atoms with E-state index in [4.69, 9.17) is 11.6 Å². The highest BCUT2D eigenvalue weighted by atomic mass is 35.5. The number of urea groups is 1. The third-order valence-corrected chi connectivity index (χ3v) is 6.96. The van der Waals surface area contributed by atoms with Crippen LogP contribution in [0, 0.1) is 5.82 Å². The Labute approximate surface area is 202 Å². The van der Waals surface area contributed by atoms with Gasteiger partial charge in [0.15, 0.2) is 5.82 Å². The van der Waals surface area contributed by atoms with Crippen molar-refractivity contribution < 1.29 is 18.2 Å². The van der Waals surface area contributed by atoms with E-state index in [1.54, 1.807) is 12.1 Å². The Morgan fingerprint density at radius 2 is 2.12 bits per heavy atom. The maximum atomic E-state index is 15.1. The van der Waals surface area contributed by atoms with Crippen LogP contribution in [-0.4, -0.2) is 57.4 Å². The highest BCUT2D eigenvalue weighted by Gasteiger charge is 2.46. The van der Waals surface area contributed by atoms with Gasteiger partial charge in [-0.3, -0.25) is 14.3 Å². The Hall–Kier alpha value is -2.76. The molecule has 4 rings (SSSR count). The van der Waals surface area contributed by atoms with Crippen LogP contribution in [0.15, 0.2) is 30.6 Å². The number of aromatic nitrogens is 2. The second kappa shape index (κ2) is 9.47. The molecule has 1 aliphatic heterocycles. The van der Waals surface area contributed by atoms with Gasteiger partial charge in [-0.1, -0.05) is 17.7 Å². The summed E-state index contributed by atoms with van der Waals surface area (Å²) >= 11 is 5.68. The van der Waals surface area contributed by atoms with Gasteiger partial charge in [0.05, 0.1) is 12.4 Å². The van der Waals surface area contributed by atoms with E-state index in [0.29, 0.717) is 37.2 Å². The minimum Gasteiger partial charge on any atom is -0.326 e. The first-order chi connectivity index (χ1) is 16.1. The zero-order valence-electron chi connectivity index (χ0n) is 18.6. The highest BCUT2D eigenvalue weighted by molar-refractivity contribution is 7.97. The molecule has 2 aliphatic rings. The normalized spacial score (nSPS) is 21.0. The number of piperidine rings is 1. The van der Waals surface area contributed by atoms with Gasteiger partial charge in [0, 0.05) is 40.2 Å². The predicted octanol–water partition coefficient (Wildman–Crippen LogP) is 2.47. The lowest BCUT2D eigenvalue weighted by Crippen LogP contribution is -2.53. The molecule has 2 fully saturated rings. The molecule has 1 aliphatic carbocycles. The number of halogens is 2. The summed E-state index contributed by atoms with van der Waals surface area (Å²) in [7, 11) is -2.39. The average Bonchev–Trinajstić information content (AvgIpc) is 3.56. The molecule has 3 amide bonds. The summed E-state index contributed by atoms with van der Waals surface area (Å²) in [5.41, 5.74) is 0.564. The third-order valence-electron chi connectivity index (χ3n) is 6.01. The Bertz CT molecular complexity index is 1200. The zero-order chi connectivity index (χ0) is 24.5. The van der Waals surface area contributed by atoms with Crippen molar-refractivity contribution in [3.8, 4) is 0 Å². The third kappa shape index (κ3) is 5.65. The van der Waals surface area contributed by atoms with E-state index in [1.165, 1.54) is 29.6 Å². The molecule has 1 aromatic heterocycles. The Kier molecular flexibility index (Phi) is 6.79. The first-order valence-electron chi connectivity index (χ1n) is 10.8. The molecular formula is C22H26ClFN6O3S. The van der Waals surface area contributed by atoms with Crippen LogP contribution in [0.1, 0.15) is 31.2 Å². The molecule has 0 spiro atoms. The molecule has 34 heavy (non-hydrogen) atoms. The second-order valence-corrected chi connectivity index (χ2v) is 11.5. The molecule has 9 nitrogen and oxygen atoms in total. The number of nitrogens with zero attached hydrogens (tertiary/aromatic N) is 3. The van der Waals surface area contributed by atoms with Crippen molar-refractivity contribution in [2.24, 2.45) is 0 Å². The number of amides is 3. The topological polar surface area (TPSA) is 116 Å². The van der Waals surface area contributed by atoms with Crippen molar-refractivity contribution in [1.29, 1.82) is 0 Å². The summed E-state index contributed by atoms with van der Waals surface area (Å²) in [6.45, 7) is 0.802. The summed E-state index contributed by atoms with van der Waals surface area (Å²) in [6.07, 6.45) is 6.79. The monoisotopic (exact) mass is 508 g/mol. The van der Waals surface area contributed by atoms with Gasteiger partial charge in [-0.05, 0) is 49.2 Å². The van der Waals surface area contributed by atoms with Crippen LogP contribution < -0.4 is 20.3 Å². The smallest absolute Gasteiger partial charge is 0.321 e. The molecule has 2 heterocycles. The standard InChI is InChI=1S/C22H26ClFN6O3S/c1-34(2,33)27-13-22(7-8-22)15-6-5-14(10-16(15)24)30-9-3-4-17(20(30)31)28-21(32)29-19-12-25-18(23)11-26-19/h5-6,10-12,17H,1,3-4,7-9,13H2,2H3,(H,27,33)(H2,26,28,29,32)/t17-,34?/m1/s1. The van der Waals surface area contributed by atoms with Gasteiger partial charge >= 0.3 is 6.03 Å². The van der Waals surface area contributed by atoms with Gasteiger partial charge in [0.25, 0.3) is 0 Å². The molecule has 0 bridgehead atoms. The largest absolute Gasteiger partial charge is 0.326 e. The van der Waals surface area contributed by atoms with Crippen molar-refractivity contribution in [3.63, 3.8) is 0 Å². The summed E-state index contributed by atoms with van der Waals surface area (Å²) in [6, 6.07) is 3.41. The van der Waals surface area contributed by atoms with Crippen LogP contribution in [0.2, 0.25) is 5.15 Å². The van der Waals surface area contributed by atoms with Crippen LogP contribution in [0.3, 0.4) is 0 Å². The Morgan fingerprint density at radius 3 is 2.74 bits per heavy atom. The first kappa shape index (κ1) is 24.4. The lowest BCUT2D eigenvalue weighted by atomic mass is 9.94. The fourth-order valence-corrected chi connectivity index (χ4v) is 4.72. The molecule has 1 unspecified atom stereocenters. The van der Waals surface area contributed by atoms with Gasteiger partial charge in [-0.2, -0.15) is 0 Å². The molecule has 1 saturated heterocycles. The SMILES string of the molecule is C=S(C)(=O)NCC1(c2ccc(N3CCC[C@@H](NC(=O)Nc4cnc(Cl)cn4)C3=O)cc2F)CC1. The maximum absolute atomic E-state index is 15.1. The molecule has 2 aromatic rings. The van der Waals surface area contributed by atoms with Gasteiger partial charge in [0.2, 0.25) is 5.91 Å². The number of anilines is 2. The quantitative estimate of drug-likeness (QED) is 0.497. The van der Waals surface area contributed by atoms with E-state index in [-0.39, 0.29) is 16.9 Å². The van der Waals surface area contributed by atoms with Gasteiger partial charge < -0.3 is 10.2 Å². The summed E-state index contributed by atoms with van der Waals surface area (Å²) in [5.74, 6) is 3.05. The lowest BCUT2D eigenvalue weighted by molar-refractivity contribution is -0.121. The number of hydrogen-bond acceptors (Lipinski definition) is 5. The van der Waals surface area contributed by atoms with Crippen molar-refractivity contribution in [2.75, 3.05) is 29.6 Å². The van der Waals surface area contributed by atoms with Crippen molar-refractivity contribution in [2.45, 2.75) is 37.1 Å². The fourth-order valence-electron chi connectivity index (χ4n) is 4.04. The van der Waals surface area contributed by atoms with Gasteiger partial charge in [0.1, 0.15) is 17.0 Å². The second-order valence-electron chi connectivity index (χ2n) is 8.78. The minimum atomic E-state index is -2.39. The summed E-state index contributed by atoms with van der Waals surface area (Å²) in [4.78, 5) is 34.6. The zero-order valence-corrected chi connectivity index (χ0v) is 20.2. The van der Waals surface area contributed by atoms with Crippen LogP contribution in [0.25, 0.3) is 0 Å². The summed E-state index contributed by atoms with van der Waals surface area (Å²) in [5, 5.41) is 5.35. The summed E-state index contributed by atoms with van der Waals surface area (Å²) < 4.78 is 29.9. The molecule has 12 heteroatoms. The average molecular weight is 509 g/mol. The lowest BCUT2D eigenvalue weighted by Gasteiger charge is -2.33. The molecule has 1 aromatic carbocycles. The van der Waals surface area contributed by atoms with E-state index in [1.807, 2.05) is 0 Å². The van der Waals surface area contributed by atoms with Crippen molar-refractivity contribution >= 4 is 50.6 Å². The minimum absolute atomic E-state index is 0.193. The Morgan fingerprint density at radius 1 is 1.35 bits per heavy atom. The molecule has 182 valence electrons. The number of benzene rings is 1. The maximum Gasteiger partial charge on any atom is 0.321 e. The highest BCUT2D eigenvalue weighted by Crippen LogP contribution is 2.49. The molecule has 0 radical (unpaired) electrons. The number of carbonyl (C=O) groups excluding carboxylic acids is 2. The van der Waals surface area contributed by atoms with Crippen LogP contribution in [0.4, 0.5) is 20.7 Å². The number of hydrogen-bond donors (Lipinski definition) is 3. The van der Waals surface area contributed by atoms with Gasteiger partial charge in [-0.15, -0.1) is 0 Å². The molecule has 3 N–H and O–H groups in total. The van der Waals surface area contributed by atoms with E-state index in [2.05, 4.69) is 31.2 Å². The van der Waals surface area contributed by atoms with E-state index >= 15 is 4.39 Å². The fraction of sp³-hybridized carbons (Fsp3) is 0.409. The van der Waals surface area contributed by atoms with Crippen LogP contribution >= 0.6 is 11.6 Å². The Balaban J connectivity index is 1.43. The number of nitrogens with one attached hydrogen (secondary N) is 3. The van der Waals surface area contributed by atoms with Crippen molar-refractivity contribution in [1.82, 2.24) is 20.0 Å². The van der Waals surface area contributed by atoms with Crippen LogP contribution in [0.5, 0.6) is 0 Å². The van der Waals surface area contributed by atoms with E-state index in [9.17, 15) is 13.8 Å². The molecular weight excluding hydrogens is 483 g/mol. The van der Waals surface area contributed by atoms with E-state index < -0.39 is 33.0 Å². The van der Waals surface area contributed by atoms with Gasteiger partial charge in [-0.25, -0.2) is 23.9 Å². The first-order valence-corrected chi connectivity index (χ1v) is 13.3. The van der Waals surface area contributed by atoms with Crippen LogP contribution in [-0.2, 0) is 19.9 Å². The molecule has 1 saturated carbocycles. The van der Waals surface area contributed by atoms with Crippen molar-refractivity contribution in [3.05, 3.63) is 47.1 Å². The van der Waals surface area contributed by atoms with E-state index in [0.717, 1.165) is 12.8 Å². The number of carbonyl (C=O) groups is 2. The predicted molar refractivity (Wildman–Crippen MR) is 131 cm³/mol. The molecule has 2 atom stereocenters.